The highest BCUT2D eigenvalue weighted by Crippen LogP contribution is 2.24. The largest absolute Gasteiger partial charge is 0.319 e. The Hall–Kier alpha value is -3.96. The van der Waals surface area contributed by atoms with Gasteiger partial charge in [0.2, 0.25) is 5.82 Å². The first-order valence-electron chi connectivity index (χ1n) is 10.2. The average Bonchev–Trinajstić information content (AvgIpc) is 3.25. The molecule has 5 aromatic rings. The van der Waals surface area contributed by atoms with E-state index in [4.69, 9.17) is 11.6 Å². The van der Waals surface area contributed by atoms with Gasteiger partial charge >= 0.3 is 0 Å². The molecule has 0 radical (unpaired) electrons. The van der Waals surface area contributed by atoms with Crippen molar-refractivity contribution in [2.45, 2.75) is 6.92 Å². The van der Waals surface area contributed by atoms with Crippen molar-refractivity contribution in [2.75, 3.05) is 5.32 Å². The van der Waals surface area contributed by atoms with E-state index in [9.17, 15) is 4.79 Å². The third-order valence-corrected chi connectivity index (χ3v) is 5.42. The molecular formula is C26H19ClN4O. The predicted octanol–water partition coefficient (Wildman–Crippen LogP) is 6.30. The highest BCUT2D eigenvalue weighted by Gasteiger charge is 2.19. The minimum Gasteiger partial charge on any atom is -0.319 e. The second-order valence-electron chi connectivity index (χ2n) is 7.53. The molecule has 4 aromatic carbocycles. The summed E-state index contributed by atoms with van der Waals surface area (Å²) >= 11 is 6.06. The molecule has 5 rings (SSSR count). The lowest BCUT2D eigenvalue weighted by atomic mass is 10.1. The molecule has 0 saturated carbocycles. The van der Waals surface area contributed by atoms with Crippen LogP contribution in [-0.2, 0) is 0 Å². The summed E-state index contributed by atoms with van der Waals surface area (Å²) in [7, 11) is 0. The maximum absolute atomic E-state index is 13.0. The molecule has 0 fully saturated rings. The normalized spacial score (nSPS) is 10.9. The van der Waals surface area contributed by atoms with Gasteiger partial charge in [-0.1, -0.05) is 54.1 Å². The van der Waals surface area contributed by atoms with E-state index < -0.39 is 0 Å². The molecular weight excluding hydrogens is 420 g/mol. The molecule has 0 saturated heterocycles. The van der Waals surface area contributed by atoms with Gasteiger partial charge in [-0.15, -0.1) is 5.10 Å². The number of amides is 1. The molecule has 1 heterocycles. The van der Waals surface area contributed by atoms with Crippen LogP contribution in [0.4, 0.5) is 5.69 Å². The number of carbonyl (C=O) groups is 1. The Morgan fingerprint density at radius 2 is 1.66 bits per heavy atom. The molecule has 1 aromatic heterocycles. The van der Waals surface area contributed by atoms with Crippen molar-refractivity contribution in [3.05, 3.63) is 107 Å². The molecule has 6 heteroatoms. The number of halogens is 1. The number of nitrogens with zero attached hydrogens (tertiary/aromatic N) is 3. The van der Waals surface area contributed by atoms with E-state index in [0.29, 0.717) is 16.5 Å². The molecule has 0 unspecified atom stereocenters. The zero-order valence-corrected chi connectivity index (χ0v) is 18.0. The van der Waals surface area contributed by atoms with E-state index in [2.05, 4.69) is 15.4 Å². The Morgan fingerprint density at radius 3 is 2.44 bits per heavy atom. The van der Waals surface area contributed by atoms with Gasteiger partial charge in [-0.25, -0.2) is 9.67 Å². The number of aryl methyl sites for hydroxylation is 1. The minimum atomic E-state index is -0.373. The maximum Gasteiger partial charge on any atom is 0.295 e. The summed E-state index contributed by atoms with van der Waals surface area (Å²) in [5.74, 6) is 0.280. The number of benzene rings is 4. The second kappa shape index (κ2) is 8.29. The van der Waals surface area contributed by atoms with Gasteiger partial charge < -0.3 is 5.32 Å². The van der Waals surface area contributed by atoms with Crippen LogP contribution >= 0.6 is 11.6 Å². The first-order chi connectivity index (χ1) is 15.6. The molecule has 156 valence electrons. The fourth-order valence-corrected chi connectivity index (χ4v) is 3.71. The quantitative estimate of drug-likeness (QED) is 0.358. The second-order valence-corrected chi connectivity index (χ2v) is 7.97. The number of rotatable bonds is 4. The first-order valence-corrected chi connectivity index (χ1v) is 10.5. The summed E-state index contributed by atoms with van der Waals surface area (Å²) in [5.41, 5.74) is 3.41. The van der Waals surface area contributed by atoms with Gasteiger partial charge in [0.25, 0.3) is 5.91 Å². The van der Waals surface area contributed by atoms with Crippen molar-refractivity contribution in [2.24, 2.45) is 0 Å². The van der Waals surface area contributed by atoms with E-state index in [0.717, 1.165) is 27.6 Å². The molecule has 1 amide bonds. The fourth-order valence-electron chi connectivity index (χ4n) is 3.59. The average molecular weight is 439 g/mol. The van der Waals surface area contributed by atoms with Crippen molar-refractivity contribution in [3.8, 4) is 17.1 Å². The van der Waals surface area contributed by atoms with Crippen LogP contribution in [0.15, 0.2) is 91.0 Å². The Balaban J connectivity index is 1.53. The van der Waals surface area contributed by atoms with Crippen LogP contribution in [0.1, 0.15) is 16.2 Å². The molecule has 0 aliphatic carbocycles. The van der Waals surface area contributed by atoms with E-state index in [1.54, 1.807) is 16.8 Å². The summed E-state index contributed by atoms with van der Waals surface area (Å²) in [4.78, 5) is 17.6. The molecule has 5 nitrogen and oxygen atoms in total. The summed E-state index contributed by atoms with van der Waals surface area (Å²) in [5, 5.41) is 10.2. The smallest absolute Gasteiger partial charge is 0.295 e. The molecule has 1 N–H and O–H groups in total. The van der Waals surface area contributed by atoms with Crippen molar-refractivity contribution >= 4 is 34.0 Å². The number of nitrogens with one attached hydrogen (secondary N) is 1. The van der Waals surface area contributed by atoms with Gasteiger partial charge in [0, 0.05) is 16.3 Å². The molecule has 0 bridgehead atoms. The number of fused-ring (bicyclic) bond motifs is 1. The van der Waals surface area contributed by atoms with Crippen LogP contribution in [0.2, 0.25) is 5.02 Å². The van der Waals surface area contributed by atoms with Crippen LogP contribution in [0.25, 0.3) is 27.8 Å². The molecule has 0 spiro atoms. The van der Waals surface area contributed by atoms with E-state index in [1.165, 1.54) is 0 Å². The predicted molar refractivity (Wildman–Crippen MR) is 128 cm³/mol. The SMILES string of the molecule is Cc1cccc(-n2nc(C(=O)Nc3ccc4ccccc4c3)nc2-c2ccc(Cl)cc2)c1. The van der Waals surface area contributed by atoms with Crippen LogP contribution in [0, 0.1) is 6.92 Å². The summed E-state index contributed by atoms with van der Waals surface area (Å²) < 4.78 is 1.69. The number of carbonyl (C=O) groups excluding carboxylic acids is 1. The van der Waals surface area contributed by atoms with Crippen LogP contribution < -0.4 is 5.32 Å². The van der Waals surface area contributed by atoms with Crippen molar-refractivity contribution in [3.63, 3.8) is 0 Å². The first kappa shape index (κ1) is 20.0. The summed E-state index contributed by atoms with van der Waals surface area (Å²) in [6, 6.07) is 29.0. The molecule has 0 aliphatic heterocycles. The monoisotopic (exact) mass is 438 g/mol. The third-order valence-electron chi connectivity index (χ3n) is 5.17. The lowest BCUT2D eigenvalue weighted by molar-refractivity contribution is 0.101. The van der Waals surface area contributed by atoms with E-state index >= 15 is 0 Å². The third kappa shape index (κ3) is 3.98. The highest BCUT2D eigenvalue weighted by molar-refractivity contribution is 6.30. The standard InChI is InChI=1S/C26H19ClN4O/c1-17-5-4-8-23(15-17)31-25(19-9-12-21(27)13-10-19)29-24(30-31)26(32)28-22-14-11-18-6-2-3-7-20(18)16-22/h2-16H,1H3,(H,28,32). The Bertz CT molecular complexity index is 1440. The van der Waals surface area contributed by atoms with Gasteiger partial charge in [0.1, 0.15) is 0 Å². The van der Waals surface area contributed by atoms with Crippen molar-refractivity contribution in [1.82, 2.24) is 14.8 Å². The van der Waals surface area contributed by atoms with Gasteiger partial charge in [-0.05, 0) is 71.8 Å². The summed E-state index contributed by atoms with van der Waals surface area (Å²) in [6.07, 6.45) is 0. The topological polar surface area (TPSA) is 59.8 Å². The van der Waals surface area contributed by atoms with Crippen molar-refractivity contribution < 1.29 is 4.79 Å². The number of anilines is 1. The number of hydrogen-bond acceptors (Lipinski definition) is 3. The Labute approximate surface area is 190 Å². The van der Waals surface area contributed by atoms with E-state index in [-0.39, 0.29) is 11.7 Å². The molecule has 32 heavy (non-hydrogen) atoms. The number of aromatic nitrogens is 3. The molecule has 0 atom stereocenters. The van der Waals surface area contributed by atoms with Gasteiger partial charge in [0.15, 0.2) is 5.82 Å². The van der Waals surface area contributed by atoms with Crippen LogP contribution in [0.3, 0.4) is 0 Å². The minimum absolute atomic E-state index is 0.0876. The zero-order chi connectivity index (χ0) is 22.1. The van der Waals surface area contributed by atoms with Crippen LogP contribution in [0.5, 0.6) is 0 Å². The highest BCUT2D eigenvalue weighted by atomic mass is 35.5. The van der Waals surface area contributed by atoms with Gasteiger partial charge in [0.05, 0.1) is 5.69 Å². The maximum atomic E-state index is 13.0. The lowest BCUT2D eigenvalue weighted by Gasteiger charge is -2.07. The van der Waals surface area contributed by atoms with Crippen LogP contribution in [-0.4, -0.2) is 20.7 Å². The van der Waals surface area contributed by atoms with Gasteiger partial charge in [-0.3, -0.25) is 4.79 Å². The van der Waals surface area contributed by atoms with E-state index in [1.807, 2.05) is 85.8 Å². The number of hydrogen-bond donors (Lipinski definition) is 1. The van der Waals surface area contributed by atoms with Crippen molar-refractivity contribution in [1.29, 1.82) is 0 Å². The Morgan fingerprint density at radius 1 is 0.875 bits per heavy atom. The van der Waals surface area contributed by atoms with Gasteiger partial charge in [-0.2, -0.15) is 0 Å². The summed E-state index contributed by atoms with van der Waals surface area (Å²) in [6.45, 7) is 2.01. The fraction of sp³-hybridized carbons (Fsp3) is 0.0385. The lowest BCUT2D eigenvalue weighted by Crippen LogP contribution is -2.14. The molecule has 0 aliphatic rings. The zero-order valence-electron chi connectivity index (χ0n) is 17.3. The Kier molecular flexibility index (Phi) is 5.17.